The molecule has 4 nitrogen and oxygen atoms in total. The van der Waals surface area contributed by atoms with Crippen molar-refractivity contribution in [1.29, 1.82) is 0 Å². The molecule has 1 N–H and O–H groups in total. The van der Waals surface area contributed by atoms with Crippen LogP contribution in [-0.4, -0.2) is 34.4 Å². The van der Waals surface area contributed by atoms with Crippen LogP contribution >= 0.6 is 23.4 Å². The molecular formula is C14H16ClFN2O2S. The average Bonchev–Trinajstić information content (AvgIpc) is 2.85. The lowest BCUT2D eigenvalue weighted by Crippen LogP contribution is -2.14. The monoisotopic (exact) mass is 330 g/mol. The molecule has 1 aromatic heterocycles. The standard InChI is InChI=1S/C14H16ClFN2O2S/c1-20-7-6-18-14(10(15)8-17-18)12(19)9-21-13-5-3-2-4-11(13)16/h2-5,8,12,19H,6-7,9H2,1H3. The van der Waals surface area contributed by atoms with Gasteiger partial charge in [0.2, 0.25) is 0 Å². The van der Waals surface area contributed by atoms with Crippen LogP contribution in [0.5, 0.6) is 0 Å². The molecule has 0 saturated heterocycles. The van der Waals surface area contributed by atoms with Gasteiger partial charge in [-0.25, -0.2) is 4.39 Å². The Balaban J connectivity index is 2.05. The van der Waals surface area contributed by atoms with E-state index in [-0.39, 0.29) is 5.82 Å². The van der Waals surface area contributed by atoms with Gasteiger partial charge in [-0.15, -0.1) is 11.8 Å². The highest BCUT2D eigenvalue weighted by molar-refractivity contribution is 7.99. The van der Waals surface area contributed by atoms with Crippen molar-refractivity contribution in [2.75, 3.05) is 19.5 Å². The van der Waals surface area contributed by atoms with Gasteiger partial charge in [0.1, 0.15) is 11.9 Å². The van der Waals surface area contributed by atoms with Crippen LogP contribution in [0.3, 0.4) is 0 Å². The van der Waals surface area contributed by atoms with Gasteiger partial charge in [-0.3, -0.25) is 4.68 Å². The fourth-order valence-electron chi connectivity index (χ4n) is 1.87. The summed E-state index contributed by atoms with van der Waals surface area (Å²) >= 11 is 7.30. The van der Waals surface area contributed by atoms with E-state index in [2.05, 4.69) is 5.10 Å². The largest absolute Gasteiger partial charge is 0.386 e. The smallest absolute Gasteiger partial charge is 0.136 e. The van der Waals surface area contributed by atoms with Gasteiger partial charge in [0.05, 0.1) is 30.1 Å². The van der Waals surface area contributed by atoms with E-state index in [1.54, 1.807) is 30.0 Å². The van der Waals surface area contributed by atoms with Crippen molar-refractivity contribution >= 4 is 23.4 Å². The quantitative estimate of drug-likeness (QED) is 0.792. The topological polar surface area (TPSA) is 47.3 Å². The van der Waals surface area contributed by atoms with Gasteiger partial charge in [0.15, 0.2) is 0 Å². The summed E-state index contributed by atoms with van der Waals surface area (Å²) in [6, 6.07) is 6.46. The van der Waals surface area contributed by atoms with Crippen molar-refractivity contribution in [3.8, 4) is 0 Å². The number of hydrogen-bond donors (Lipinski definition) is 1. The molecule has 2 rings (SSSR count). The summed E-state index contributed by atoms with van der Waals surface area (Å²) in [6.45, 7) is 0.970. The number of rotatable bonds is 7. The zero-order valence-corrected chi connectivity index (χ0v) is 13.1. The van der Waals surface area contributed by atoms with E-state index >= 15 is 0 Å². The molecule has 1 aromatic carbocycles. The van der Waals surface area contributed by atoms with Gasteiger partial charge in [-0.1, -0.05) is 23.7 Å². The van der Waals surface area contributed by atoms with E-state index < -0.39 is 6.10 Å². The van der Waals surface area contributed by atoms with Gasteiger partial charge in [-0.05, 0) is 12.1 Å². The number of ether oxygens (including phenoxy) is 1. The third-order valence-electron chi connectivity index (χ3n) is 2.89. The van der Waals surface area contributed by atoms with E-state index in [9.17, 15) is 9.50 Å². The molecule has 0 bridgehead atoms. The van der Waals surface area contributed by atoms with Crippen LogP contribution < -0.4 is 0 Å². The number of halogens is 2. The number of aliphatic hydroxyl groups excluding tert-OH is 1. The molecule has 1 atom stereocenters. The maximum Gasteiger partial charge on any atom is 0.136 e. The molecule has 7 heteroatoms. The molecule has 0 saturated carbocycles. The number of nitrogens with zero attached hydrogens (tertiary/aromatic N) is 2. The van der Waals surface area contributed by atoms with Gasteiger partial charge >= 0.3 is 0 Å². The minimum absolute atomic E-state index is 0.291. The Kier molecular flexibility index (Phi) is 6.05. The number of hydrogen-bond acceptors (Lipinski definition) is 4. The van der Waals surface area contributed by atoms with Gasteiger partial charge in [0.25, 0.3) is 0 Å². The summed E-state index contributed by atoms with van der Waals surface area (Å²) in [5.74, 6) is -0.00651. The molecule has 2 aromatic rings. The molecule has 0 fully saturated rings. The van der Waals surface area contributed by atoms with Crippen molar-refractivity contribution in [2.45, 2.75) is 17.5 Å². The predicted octanol–water partition coefficient (Wildman–Crippen LogP) is 3.15. The molecule has 21 heavy (non-hydrogen) atoms. The summed E-state index contributed by atoms with van der Waals surface area (Å²) in [5.41, 5.74) is 0.526. The van der Waals surface area contributed by atoms with Crippen LogP contribution in [0.2, 0.25) is 5.02 Å². The molecule has 0 aliphatic rings. The second-order valence-corrected chi connectivity index (χ2v) is 5.82. The van der Waals surface area contributed by atoms with Crippen molar-refractivity contribution in [1.82, 2.24) is 9.78 Å². The van der Waals surface area contributed by atoms with E-state index in [4.69, 9.17) is 16.3 Å². The Labute approximate surface area is 131 Å². The SMILES string of the molecule is COCCn1ncc(Cl)c1C(O)CSc1ccccc1F. The first-order valence-electron chi connectivity index (χ1n) is 6.39. The normalized spacial score (nSPS) is 12.6. The summed E-state index contributed by atoms with van der Waals surface area (Å²) in [7, 11) is 1.59. The second-order valence-electron chi connectivity index (χ2n) is 4.35. The lowest BCUT2D eigenvalue weighted by Gasteiger charge is -2.14. The van der Waals surface area contributed by atoms with Crippen molar-refractivity contribution in [3.05, 3.63) is 47.0 Å². The van der Waals surface area contributed by atoms with Crippen molar-refractivity contribution in [3.63, 3.8) is 0 Å². The summed E-state index contributed by atoms with van der Waals surface area (Å²) < 4.78 is 20.1. The maximum absolute atomic E-state index is 13.5. The number of aromatic nitrogens is 2. The Morgan fingerprint density at radius 3 is 2.95 bits per heavy atom. The van der Waals surface area contributed by atoms with Gasteiger partial charge in [0, 0.05) is 17.8 Å². The van der Waals surface area contributed by atoms with Crippen LogP contribution in [0.15, 0.2) is 35.4 Å². The first-order chi connectivity index (χ1) is 10.1. The Morgan fingerprint density at radius 1 is 1.48 bits per heavy atom. The molecule has 0 spiro atoms. The molecule has 114 valence electrons. The number of thioether (sulfide) groups is 1. The van der Waals surface area contributed by atoms with E-state index in [1.807, 2.05) is 0 Å². The highest BCUT2D eigenvalue weighted by atomic mass is 35.5. The zero-order valence-electron chi connectivity index (χ0n) is 11.5. The van der Waals surface area contributed by atoms with E-state index in [1.165, 1.54) is 24.0 Å². The minimum Gasteiger partial charge on any atom is -0.386 e. The van der Waals surface area contributed by atoms with Gasteiger partial charge in [-0.2, -0.15) is 5.10 Å². The predicted molar refractivity (Wildman–Crippen MR) is 81.2 cm³/mol. The van der Waals surface area contributed by atoms with Crippen LogP contribution in [-0.2, 0) is 11.3 Å². The molecular weight excluding hydrogens is 315 g/mol. The fraction of sp³-hybridized carbons (Fsp3) is 0.357. The summed E-state index contributed by atoms with van der Waals surface area (Å²) in [6.07, 6.45) is 0.658. The van der Waals surface area contributed by atoms with E-state index in [0.29, 0.717) is 34.5 Å². The van der Waals surface area contributed by atoms with Crippen molar-refractivity contribution < 1.29 is 14.2 Å². The summed E-state index contributed by atoms with van der Waals surface area (Å²) in [5, 5.41) is 14.8. The van der Waals surface area contributed by atoms with Crippen LogP contribution in [0, 0.1) is 5.82 Å². The highest BCUT2D eigenvalue weighted by Gasteiger charge is 2.19. The zero-order chi connectivity index (χ0) is 15.2. The van der Waals surface area contributed by atoms with E-state index in [0.717, 1.165) is 0 Å². The highest BCUT2D eigenvalue weighted by Crippen LogP contribution is 2.29. The lowest BCUT2D eigenvalue weighted by atomic mass is 10.3. The Morgan fingerprint density at radius 2 is 2.24 bits per heavy atom. The maximum atomic E-state index is 13.5. The number of benzene rings is 1. The average molecular weight is 331 g/mol. The first kappa shape index (κ1) is 16.3. The molecule has 0 aliphatic carbocycles. The molecule has 0 aliphatic heterocycles. The second kappa shape index (κ2) is 7.79. The molecule has 0 radical (unpaired) electrons. The molecule has 1 unspecified atom stereocenters. The van der Waals surface area contributed by atoms with Gasteiger partial charge < -0.3 is 9.84 Å². The molecule has 0 amide bonds. The first-order valence-corrected chi connectivity index (χ1v) is 7.75. The third-order valence-corrected chi connectivity index (χ3v) is 4.31. The Hall–Kier alpha value is -1.08. The fourth-order valence-corrected chi connectivity index (χ4v) is 3.01. The molecule has 1 heterocycles. The van der Waals surface area contributed by atoms with Crippen molar-refractivity contribution in [2.24, 2.45) is 0 Å². The van der Waals surface area contributed by atoms with Crippen LogP contribution in [0.1, 0.15) is 11.8 Å². The third kappa shape index (κ3) is 4.20. The lowest BCUT2D eigenvalue weighted by molar-refractivity contribution is 0.166. The minimum atomic E-state index is -0.832. The number of methoxy groups -OCH3 is 1. The van der Waals surface area contributed by atoms with Crippen LogP contribution in [0.25, 0.3) is 0 Å². The Bertz CT molecular complexity index is 594. The summed E-state index contributed by atoms with van der Waals surface area (Å²) in [4.78, 5) is 0.496. The van der Waals surface area contributed by atoms with Crippen LogP contribution in [0.4, 0.5) is 4.39 Å². The number of aliphatic hydroxyl groups is 1.